The minimum absolute atomic E-state index is 0.463. The third-order valence-corrected chi connectivity index (χ3v) is 4.68. The lowest BCUT2D eigenvalue weighted by atomic mass is 9.86. The van der Waals surface area contributed by atoms with Crippen LogP contribution >= 0.6 is 0 Å². The Morgan fingerprint density at radius 3 is 1.35 bits per heavy atom. The summed E-state index contributed by atoms with van der Waals surface area (Å²) in [5.74, 6) is 0.926. The highest BCUT2D eigenvalue weighted by Crippen LogP contribution is 2.31. The quantitative estimate of drug-likeness (QED) is 0.752. The zero-order chi connectivity index (χ0) is 17.3. The van der Waals surface area contributed by atoms with Gasteiger partial charge in [-0.2, -0.15) is 0 Å². The van der Waals surface area contributed by atoms with E-state index in [1.165, 1.54) is 22.3 Å². The Kier molecular flexibility index (Phi) is 5.03. The molecule has 0 aliphatic rings. The van der Waals surface area contributed by atoms with Crippen LogP contribution in [0, 0.1) is 13.8 Å². The van der Waals surface area contributed by atoms with Crippen molar-refractivity contribution in [2.45, 2.75) is 59.8 Å². The summed E-state index contributed by atoms with van der Waals surface area (Å²) in [7, 11) is 0. The maximum absolute atomic E-state index is 6.13. The maximum Gasteiger partial charge on any atom is 0.0346 e. The fourth-order valence-corrected chi connectivity index (χ4v) is 3.19. The first-order chi connectivity index (χ1) is 10.7. The summed E-state index contributed by atoms with van der Waals surface area (Å²) >= 11 is 0. The van der Waals surface area contributed by atoms with E-state index in [0.717, 1.165) is 28.9 Å². The largest absolute Gasteiger partial charge is 0.399 e. The normalized spacial score (nSPS) is 11.5. The van der Waals surface area contributed by atoms with Crippen LogP contribution in [0.5, 0.6) is 0 Å². The van der Waals surface area contributed by atoms with E-state index in [-0.39, 0.29) is 0 Å². The van der Waals surface area contributed by atoms with Crippen molar-refractivity contribution in [3.05, 3.63) is 57.6 Å². The zero-order valence-corrected chi connectivity index (χ0v) is 15.3. The fraction of sp³-hybridized carbons (Fsp3) is 0.429. The van der Waals surface area contributed by atoms with Gasteiger partial charge in [-0.3, -0.25) is 0 Å². The molecule has 2 heteroatoms. The van der Waals surface area contributed by atoms with Crippen LogP contribution in [-0.2, 0) is 6.42 Å². The van der Waals surface area contributed by atoms with E-state index < -0.39 is 0 Å². The number of rotatable bonds is 4. The fourth-order valence-electron chi connectivity index (χ4n) is 3.19. The van der Waals surface area contributed by atoms with Gasteiger partial charge in [0, 0.05) is 11.4 Å². The van der Waals surface area contributed by atoms with Gasteiger partial charge in [0.2, 0.25) is 0 Å². The smallest absolute Gasteiger partial charge is 0.0346 e. The van der Waals surface area contributed by atoms with E-state index in [4.69, 9.17) is 11.5 Å². The maximum atomic E-state index is 6.13. The molecule has 0 fully saturated rings. The second kappa shape index (κ2) is 6.66. The van der Waals surface area contributed by atoms with Gasteiger partial charge in [-0.05, 0) is 77.6 Å². The Bertz CT molecular complexity index is 651. The molecule has 0 saturated carbocycles. The number of nitrogen functional groups attached to an aromatic ring is 2. The van der Waals surface area contributed by atoms with E-state index >= 15 is 0 Å². The molecule has 0 atom stereocenters. The van der Waals surface area contributed by atoms with E-state index in [1.807, 2.05) is 0 Å². The number of anilines is 2. The van der Waals surface area contributed by atoms with Crippen LogP contribution in [0.1, 0.15) is 72.9 Å². The van der Waals surface area contributed by atoms with E-state index in [0.29, 0.717) is 11.8 Å². The van der Waals surface area contributed by atoms with Crippen molar-refractivity contribution >= 4 is 11.4 Å². The number of hydrogen-bond acceptors (Lipinski definition) is 2. The first-order valence-corrected chi connectivity index (χ1v) is 8.48. The van der Waals surface area contributed by atoms with Crippen molar-refractivity contribution in [2.75, 3.05) is 11.5 Å². The summed E-state index contributed by atoms with van der Waals surface area (Å²) in [5, 5.41) is 0. The Hall–Kier alpha value is -1.96. The molecular weight excluding hydrogens is 280 g/mol. The second-order valence-electron chi connectivity index (χ2n) is 7.30. The molecule has 2 aromatic carbocycles. The molecule has 0 unspecified atom stereocenters. The van der Waals surface area contributed by atoms with Crippen molar-refractivity contribution in [3.8, 4) is 0 Å². The lowest BCUT2D eigenvalue weighted by Crippen LogP contribution is -2.06. The summed E-state index contributed by atoms with van der Waals surface area (Å²) in [6, 6.07) is 8.80. The molecule has 2 aromatic rings. The van der Waals surface area contributed by atoms with Crippen molar-refractivity contribution in [1.82, 2.24) is 0 Å². The van der Waals surface area contributed by atoms with Gasteiger partial charge in [-0.25, -0.2) is 0 Å². The number of nitrogens with two attached hydrogens (primary N) is 2. The number of hydrogen-bond donors (Lipinski definition) is 2. The lowest BCUT2D eigenvalue weighted by Gasteiger charge is -2.20. The highest BCUT2D eigenvalue weighted by atomic mass is 14.6. The zero-order valence-electron chi connectivity index (χ0n) is 15.3. The van der Waals surface area contributed by atoms with Gasteiger partial charge in [0.25, 0.3) is 0 Å². The van der Waals surface area contributed by atoms with Crippen LogP contribution < -0.4 is 11.5 Å². The molecule has 23 heavy (non-hydrogen) atoms. The van der Waals surface area contributed by atoms with Crippen LogP contribution in [0.25, 0.3) is 0 Å². The Morgan fingerprint density at radius 1 is 0.696 bits per heavy atom. The van der Waals surface area contributed by atoms with Gasteiger partial charge in [0.15, 0.2) is 0 Å². The first-order valence-electron chi connectivity index (χ1n) is 8.48. The SMILES string of the molecule is Cc1cc(Cc2cc(C)c(N)cc2C(C)C)c(C(C)C)cc1N. The van der Waals surface area contributed by atoms with Crippen LogP contribution in [0.4, 0.5) is 11.4 Å². The molecule has 0 aromatic heterocycles. The molecule has 0 heterocycles. The summed E-state index contributed by atoms with van der Waals surface area (Å²) in [4.78, 5) is 0. The predicted octanol–water partition coefficient (Wildman–Crippen LogP) is 5.31. The summed E-state index contributed by atoms with van der Waals surface area (Å²) in [5.41, 5.74) is 21.8. The molecule has 0 aliphatic heterocycles. The molecule has 4 N–H and O–H groups in total. The predicted molar refractivity (Wildman–Crippen MR) is 102 cm³/mol. The molecular formula is C21H30N2. The van der Waals surface area contributed by atoms with Gasteiger partial charge in [0.05, 0.1) is 0 Å². The van der Waals surface area contributed by atoms with Gasteiger partial charge in [0.1, 0.15) is 0 Å². The van der Waals surface area contributed by atoms with Crippen LogP contribution in [-0.4, -0.2) is 0 Å². The van der Waals surface area contributed by atoms with Gasteiger partial charge < -0.3 is 11.5 Å². The molecule has 0 radical (unpaired) electrons. The molecule has 0 saturated heterocycles. The summed E-state index contributed by atoms with van der Waals surface area (Å²) < 4.78 is 0. The van der Waals surface area contributed by atoms with Crippen molar-refractivity contribution in [1.29, 1.82) is 0 Å². The van der Waals surface area contributed by atoms with Crippen molar-refractivity contribution in [2.24, 2.45) is 0 Å². The van der Waals surface area contributed by atoms with Crippen LogP contribution in [0.3, 0.4) is 0 Å². The number of benzene rings is 2. The summed E-state index contributed by atoms with van der Waals surface area (Å²) in [6.07, 6.45) is 0.934. The molecule has 2 rings (SSSR count). The molecule has 0 aliphatic carbocycles. The standard InChI is InChI=1S/C21H30N2/c1-12(2)18-10-20(22)14(5)7-16(18)9-17-8-15(6)21(23)11-19(17)13(3)4/h7-8,10-13H,9,22-23H2,1-6H3. The average Bonchev–Trinajstić information content (AvgIpc) is 2.45. The Morgan fingerprint density at radius 2 is 1.04 bits per heavy atom. The van der Waals surface area contributed by atoms with E-state index in [9.17, 15) is 0 Å². The van der Waals surface area contributed by atoms with E-state index in [1.54, 1.807) is 0 Å². The number of aryl methyl sites for hydroxylation is 2. The third kappa shape index (κ3) is 3.69. The highest BCUT2D eigenvalue weighted by Gasteiger charge is 2.14. The third-order valence-electron chi connectivity index (χ3n) is 4.68. The Balaban J connectivity index is 2.55. The van der Waals surface area contributed by atoms with Crippen molar-refractivity contribution < 1.29 is 0 Å². The van der Waals surface area contributed by atoms with Crippen molar-refractivity contribution in [3.63, 3.8) is 0 Å². The van der Waals surface area contributed by atoms with Gasteiger partial charge in [-0.1, -0.05) is 39.8 Å². The lowest BCUT2D eigenvalue weighted by molar-refractivity contribution is 0.830. The molecule has 0 amide bonds. The van der Waals surface area contributed by atoms with Crippen LogP contribution in [0.15, 0.2) is 24.3 Å². The highest BCUT2D eigenvalue weighted by molar-refractivity contribution is 5.56. The Labute approximate surface area is 140 Å². The summed E-state index contributed by atoms with van der Waals surface area (Å²) in [6.45, 7) is 13.1. The second-order valence-corrected chi connectivity index (χ2v) is 7.30. The molecule has 0 spiro atoms. The molecule has 2 nitrogen and oxygen atoms in total. The van der Waals surface area contributed by atoms with Gasteiger partial charge >= 0.3 is 0 Å². The van der Waals surface area contributed by atoms with E-state index in [2.05, 4.69) is 65.8 Å². The average molecular weight is 310 g/mol. The first kappa shape index (κ1) is 17.4. The molecule has 0 bridgehead atoms. The minimum atomic E-state index is 0.463. The molecule has 124 valence electrons. The van der Waals surface area contributed by atoms with Gasteiger partial charge in [-0.15, -0.1) is 0 Å². The monoisotopic (exact) mass is 310 g/mol. The topological polar surface area (TPSA) is 52.0 Å². The van der Waals surface area contributed by atoms with Crippen LogP contribution in [0.2, 0.25) is 0 Å². The minimum Gasteiger partial charge on any atom is -0.399 e.